The van der Waals surface area contributed by atoms with Gasteiger partial charge in [-0.2, -0.15) is 0 Å². The first-order chi connectivity index (χ1) is 9.75. The molecule has 0 atom stereocenters. The minimum Gasteiger partial charge on any atom is -0.463 e. The van der Waals surface area contributed by atoms with Gasteiger partial charge < -0.3 is 10.2 Å². The molecule has 2 N–H and O–H groups in total. The monoisotopic (exact) mass is 264 g/mol. The number of pyridine rings is 1. The van der Waals surface area contributed by atoms with Crippen molar-refractivity contribution in [1.82, 2.24) is 4.98 Å². The molecule has 0 unspecified atom stereocenters. The summed E-state index contributed by atoms with van der Waals surface area (Å²) in [4.78, 5) is 15.8. The molecule has 1 amide bonds. The number of furan rings is 1. The van der Waals surface area contributed by atoms with Gasteiger partial charge in [-0.1, -0.05) is 18.2 Å². The molecule has 4 heteroatoms. The molecular formula is C16H12N2O2. The summed E-state index contributed by atoms with van der Waals surface area (Å²) in [6, 6.07) is 14.6. The van der Waals surface area contributed by atoms with Gasteiger partial charge in [-0.15, -0.1) is 0 Å². The standard InChI is InChI=1S/C16H12N2O2/c17-16(19)13-5-2-1-4-12(13)11-7-8-18-14(10-11)15-6-3-9-20-15/h1-10H,(H2,17,19). The number of primary amides is 1. The van der Waals surface area contributed by atoms with Crippen LogP contribution in [0, 0.1) is 0 Å². The van der Waals surface area contributed by atoms with Crippen molar-refractivity contribution in [3.8, 4) is 22.6 Å². The van der Waals surface area contributed by atoms with Gasteiger partial charge in [0.05, 0.1) is 6.26 Å². The van der Waals surface area contributed by atoms with Crippen molar-refractivity contribution in [2.45, 2.75) is 0 Å². The maximum absolute atomic E-state index is 11.5. The lowest BCUT2D eigenvalue weighted by molar-refractivity contribution is 0.100. The fraction of sp³-hybridized carbons (Fsp3) is 0. The van der Waals surface area contributed by atoms with Crippen LogP contribution in [-0.2, 0) is 0 Å². The number of nitrogens with two attached hydrogens (primary N) is 1. The number of nitrogens with zero attached hydrogens (tertiary/aromatic N) is 1. The highest BCUT2D eigenvalue weighted by Gasteiger charge is 2.11. The number of benzene rings is 1. The molecular weight excluding hydrogens is 252 g/mol. The van der Waals surface area contributed by atoms with E-state index in [1.54, 1.807) is 30.7 Å². The van der Waals surface area contributed by atoms with Gasteiger partial charge in [0.2, 0.25) is 5.91 Å². The Kier molecular flexibility index (Phi) is 3.05. The van der Waals surface area contributed by atoms with Crippen LogP contribution in [-0.4, -0.2) is 10.9 Å². The molecule has 0 aliphatic rings. The van der Waals surface area contributed by atoms with Gasteiger partial charge in [-0.25, -0.2) is 0 Å². The third-order valence-corrected chi connectivity index (χ3v) is 3.04. The average molecular weight is 264 g/mol. The second-order valence-electron chi connectivity index (χ2n) is 4.32. The maximum Gasteiger partial charge on any atom is 0.249 e. The van der Waals surface area contributed by atoms with E-state index in [-0.39, 0.29) is 0 Å². The largest absolute Gasteiger partial charge is 0.463 e. The lowest BCUT2D eigenvalue weighted by Gasteiger charge is -2.07. The van der Waals surface area contributed by atoms with Crippen molar-refractivity contribution in [1.29, 1.82) is 0 Å². The molecule has 0 saturated heterocycles. The van der Waals surface area contributed by atoms with Crippen molar-refractivity contribution < 1.29 is 9.21 Å². The second kappa shape index (κ2) is 5.01. The molecule has 3 rings (SSSR count). The predicted molar refractivity (Wildman–Crippen MR) is 75.9 cm³/mol. The SMILES string of the molecule is NC(=O)c1ccccc1-c1ccnc(-c2ccco2)c1. The molecule has 0 radical (unpaired) electrons. The Balaban J connectivity index is 2.12. The van der Waals surface area contributed by atoms with Gasteiger partial charge >= 0.3 is 0 Å². The highest BCUT2D eigenvalue weighted by Crippen LogP contribution is 2.27. The lowest BCUT2D eigenvalue weighted by Crippen LogP contribution is -2.12. The van der Waals surface area contributed by atoms with Crippen molar-refractivity contribution in [2.24, 2.45) is 5.73 Å². The van der Waals surface area contributed by atoms with Gasteiger partial charge in [0.15, 0.2) is 5.76 Å². The number of hydrogen-bond donors (Lipinski definition) is 1. The highest BCUT2D eigenvalue weighted by atomic mass is 16.3. The molecule has 98 valence electrons. The molecule has 0 fully saturated rings. The Morgan fingerprint density at radius 3 is 2.70 bits per heavy atom. The molecule has 2 aromatic heterocycles. The molecule has 2 heterocycles. The van der Waals surface area contributed by atoms with E-state index < -0.39 is 5.91 Å². The summed E-state index contributed by atoms with van der Waals surface area (Å²) in [5.41, 5.74) is 8.28. The molecule has 0 spiro atoms. The smallest absolute Gasteiger partial charge is 0.249 e. The summed E-state index contributed by atoms with van der Waals surface area (Å²) in [6.07, 6.45) is 3.28. The van der Waals surface area contributed by atoms with Gasteiger partial charge in [0, 0.05) is 11.8 Å². The third kappa shape index (κ3) is 2.19. The van der Waals surface area contributed by atoms with Crippen LogP contribution in [0.4, 0.5) is 0 Å². The van der Waals surface area contributed by atoms with Crippen LogP contribution in [0.1, 0.15) is 10.4 Å². The predicted octanol–water partition coefficient (Wildman–Crippen LogP) is 3.11. The Labute approximate surface area is 115 Å². The first-order valence-corrected chi connectivity index (χ1v) is 6.15. The van der Waals surface area contributed by atoms with E-state index in [0.717, 1.165) is 11.1 Å². The quantitative estimate of drug-likeness (QED) is 0.790. The van der Waals surface area contributed by atoms with Crippen LogP contribution in [0.25, 0.3) is 22.6 Å². The van der Waals surface area contributed by atoms with Crippen molar-refractivity contribution in [3.05, 3.63) is 66.6 Å². The number of carbonyl (C=O) groups excluding carboxylic acids is 1. The topological polar surface area (TPSA) is 69.1 Å². The molecule has 0 saturated carbocycles. The molecule has 4 nitrogen and oxygen atoms in total. The zero-order valence-electron chi connectivity index (χ0n) is 10.6. The Hall–Kier alpha value is -2.88. The van der Waals surface area contributed by atoms with E-state index >= 15 is 0 Å². The minimum atomic E-state index is -0.447. The van der Waals surface area contributed by atoms with Crippen LogP contribution in [0.5, 0.6) is 0 Å². The molecule has 20 heavy (non-hydrogen) atoms. The lowest BCUT2D eigenvalue weighted by atomic mass is 9.99. The van der Waals surface area contributed by atoms with E-state index in [2.05, 4.69) is 4.98 Å². The summed E-state index contributed by atoms with van der Waals surface area (Å²) >= 11 is 0. The average Bonchev–Trinajstić information content (AvgIpc) is 3.01. The molecule has 0 aliphatic carbocycles. The van der Waals surface area contributed by atoms with Gasteiger partial charge in [-0.05, 0) is 41.5 Å². The van der Waals surface area contributed by atoms with Crippen molar-refractivity contribution >= 4 is 5.91 Å². The number of amides is 1. The van der Waals surface area contributed by atoms with Crippen LogP contribution in [0.15, 0.2) is 65.4 Å². The second-order valence-corrected chi connectivity index (χ2v) is 4.32. The number of hydrogen-bond acceptors (Lipinski definition) is 3. The van der Waals surface area contributed by atoms with Crippen LogP contribution in [0.2, 0.25) is 0 Å². The van der Waals surface area contributed by atoms with Crippen LogP contribution in [0.3, 0.4) is 0 Å². The Morgan fingerprint density at radius 1 is 1.10 bits per heavy atom. The number of carbonyl (C=O) groups is 1. The van der Waals surface area contributed by atoms with E-state index in [1.165, 1.54) is 0 Å². The molecule has 1 aromatic carbocycles. The normalized spacial score (nSPS) is 10.4. The fourth-order valence-corrected chi connectivity index (χ4v) is 2.11. The summed E-state index contributed by atoms with van der Waals surface area (Å²) in [6.45, 7) is 0. The summed E-state index contributed by atoms with van der Waals surface area (Å²) in [5, 5.41) is 0. The first kappa shape index (κ1) is 12.2. The third-order valence-electron chi connectivity index (χ3n) is 3.04. The van der Waals surface area contributed by atoms with Crippen molar-refractivity contribution in [2.75, 3.05) is 0 Å². The van der Waals surface area contributed by atoms with E-state index in [9.17, 15) is 4.79 Å². The Bertz CT molecular complexity index is 749. The number of rotatable bonds is 3. The zero-order valence-corrected chi connectivity index (χ0v) is 10.6. The van der Waals surface area contributed by atoms with Gasteiger partial charge in [-0.3, -0.25) is 9.78 Å². The van der Waals surface area contributed by atoms with Crippen molar-refractivity contribution in [3.63, 3.8) is 0 Å². The summed E-state index contributed by atoms with van der Waals surface area (Å²) in [7, 11) is 0. The van der Waals surface area contributed by atoms with E-state index in [1.807, 2.05) is 30.3 Å². The van der Waals surface area contributed by atoms with E-state index in [4.69, 9.17) is 10.2 Å². The molecule has 3 aromatic rings. The van der Waals surface area contributed by atoms with Crippen LogP contribution < -0.4 is 5.73 Å². The first-order valence-electron chi connectivity index (χ1n) is 6.15. The summed E-state index contributed by atoms with van der Waals surface area (Å²) in [5.74, 6) is 0.236. The van der Waals surface area contributed by atoms with Gasteiger partial charge in [0.25, 0.3) is 0 Å². The number of aromatic nitrogens is 1. The van der Waals surface area contributed by atoms with Gasteiger partial charge in [0.1, 0.15) is 5.69 Å². The fourth-order valence-electron chi connectivity index (χ4n) is 2.11. The minimum absolute atomic E-state index is 0.447. The highest BCUT2D eigenvalue weighted by molar-refractivity contribution is 5.99. The molecule has 0 aliphatic heterocycles. The summed E-state index contributed by atoms with van der Waals surface area (Å²) < 4.78 is 5.33. The van der Waals surface area contributed by atoms with Crippen LogP contribution >= 0.6 is 0 Å². The zero-order chi connectivity index (χ0) is 13.9. The molecule has 0 bridgehead atoms. The van der Waals surface area contributed by atoms with E-state index in [0.29, 0.717) is 17.0 Å². The Morgan fingerprint density at radius 2 is 1.95 bits per heavy atom. The maximum atomic E-state index is 11.5.